The van der Waals surface area contributed by atoms with Crippen LogP contribution >= 0.6 is 11.6 Å². The van der Waals surface area contributed by atoms with Crippen molar-refractivity contribution in [2.24, 2.45) is 5.41 Å². The number of likely N-dealkylation sites (N-methyl/N-ethyl adjacent to an activating group) is 1. The van der Waals surface area contributed by atoms with E-state index >= 15 is 0 Å². The molecule has 4 saturated heterocycles. The molecule has 0 radical (unpaired) electrons. The van der Waals surface area contributed by atoms with Crippen LogP contribution in [-0.4, -0.2) is 131 Å². The Morgan fingerprint density at radius 1 is 0.924 bits per heavy atom. The second-order valence-corrected chi connectivity index (χ2v) is 19.2. The molecular formula is C47H53ClN10O8. The number of pyridine rings is 1. The molecule has 346 valence electrons. The highest BCUT2D eigenvalue weighted by atomic mass is 35.5. The first-order chi connectivity index (χ1) is 31.8. The highest BCUT2D eigenvalue weighted by Gasteiger charge is 2.51. The number of likely N-dealkylation sites (tertiary alicyclic amines) is 1. The van der Waals surface area contributed by atoms with Crippen LogP contribution in [0.1, 0.15) is 85.6 Å². The number of hydrogen-bond donors (Lipinski definition) is 3. The largest absolute Gasteiger partial charge is 0.478 e. The molecule has 1 unspecified atom stereocenters. The number of nitrogens with one attached hydrogen (secondary N) is 3. The van der Waals surface area contributed by atoms with Gasteiger partial charge in [0.25, 0.3) is 23.3 Å². The highest BCUT2D eigenvalue weighted by molar-refractivity contribution is 6.33. The zero-order chi connectivity index (χ0) is 46.0. The number of carbonyl (C=O) groups excluding carboxylic acids is 5. The van der Waals surface area contributed by atoms with Crippen LogP contribution in [0.15, 0.2) is 53.5 Å². The summed E-state index contributed by atoms with van der Waals surface area (Å²) in [5.41, 5.74) is 2.83. The molecule has 2 aromatic heterocycles. The maximum Gasteiger partial charge on any atom is 0.293 e. The number of fused-ring (bicyclic) bond motifs is 2. The van der Waals surface area contributed by atoms with Gasteiger partial charge >= 0.3 is 0 Å². The van der Waals surface area contributed by atoms with Crippen molar-refractivity contribution >= 4 is 75.2 Å². The molecule has 1 aliphatic carbocycles. The lowest BCUT2D eigenvalue weighted by molar-refractivity contribution is -0.136. The van der Waals surface area contributed by atoms with Gasteiger partial charge in [-0.25, -0.2) is 4.98 Å². The number of imide groups is 2. The zero-order valence-electron chi connectivity index (χ0n) is 37.2. The minimum absolute atomic E-state index is 0.0893. The number of anilines is 4. The maximum absolute atomic E-state index is 13.4. The Bertz CT molecular complexity index is 2710. The number of halogens is 1. The van der Waals surface area contributed by atoms with Crippen LogP contribution in [0, 0.1) is 5.41 Å². The van der Waals surface area contributed by atoms with E-state index in [9.17, 15) is 28.8 Å². The number of amides is 5. The number of rotatable bonds is 12. The molecule has 18 nitrogen and oxygen atoms in total. The minimum atomic E-state index is -0.976. The van der Waals surface area contributed by atoms with E-state index in [0.717, 1.165) is 92.9 Å². The summed E-state index contributed by atoms with van der Waals surface area (Å²) in [4.78, 5) is 93.2. The van der Waals surface area contributed by atoms with Crippen LogP contribution in [0.25, 0.3) is 10.9 Å². The smallest absolute Gasteiger partial charge is 0.293 e. The van der Waals surface area contributed by atoms with E-state index in [1.54, 1.807) is 29.0 Å². The molecule has 5 aliphatic heterocycles. The Labute approximate surface area is 385 Å². The molecule has 1 atom stereocenters. The Morgan fingerprint density at radius 3 is 2.44 bits per heavy atom. The fourth-order valence-electron chi connectivity index (χ4n) is 10.5. The number of ether oxygens (including phenoxy) is 2. The molecule has 6 aliphatic rings. The Kier molecular flexibility index (Phi) is 11.5. The van der Waals surface area contributed by atoms with Gasteiger partial charge in [-0.2, -0.15) is 4.98 Å². The summed E-state index contributed by atoms with van der Waals surface area (Å²) in [5.74, 6) is -1.17. The molecule has 19 heteroatoms. The average Bonchev–Trinajstić information content (AvgIpc) is 3.82. The Hall–Kier alpha value is -6.11. The number of hydrogen-bond acceptors (Lipinski definition) is 14. The summed E-state index contributed by atoms with van der Waals surface area (Å²) in [6, 6.07) is 12.0. The standard InChI is InChI=1S/C47H53ClN10O8/c1-26(2)57-36-7-4-28(16-27(36)17-38(45(57)64)65-22-40(60)49-3)51-41-35(48)21-50-46(53-41)54-13-10-31(11-14-54)66-32-18-30(19-32)55-15-12-47(23-55)24-56(25-47)29-5-6-33-34(20-29)44(63)58(43(33)62)37-8-9-39(59)52-42(37)61/h4-7,16-17,20-21,26,30-32,37H,8-15,18-19,22-25H2,1-3H3,(H,49,60)(H,50,51,53)(H,52,59,61)/t30-,32-,37?. The lowest BCUT2D eigenvalue weighted by Gasteiger charge is -2.50. The van der Waals surface area contributed by atoms with E-state index in [4.69, 9.17) is 26.1 Å². The maximum atomic E-state index is 13.4. The predicted molar refractivity (Wildman–Crippen MR) is 246 cm³/mol. The van der Waals surface area contributed by atoms with Gasteiger partial charge in [0.15, 0.2) is 18.2 Å². The first kappa shape index (κ1) is 43.8. The summed E-state index contributed by atoms with van der Waals surface area (Å²) in [5, 5.41) is 9.21. The van der Waals surface area contributed by atoms with E-state index in [2.05, 4.69) is 35.6 Å². The third-order valence-corrected chi connectivity index (χ3v) is 14.4. The molecule has 0 bridgehead atoms. The van der Waals surface area contributed by atoms with E-state index in [0.29, 0.717) is 39.6 Å². The van der Waals surface area contributed by atoms with Crippen molar-refractivity contribution in [3.8, 4) is 5.75 Å². The summed E-state index contributed by atoms with van der Waals surface area (Å²) >= 11 is 6.61. The lowest BCUT2D eigenvalue weighted by atomic mass is 9.78. The normalized spacial score (nSPS) is 23.0. The van der Waals surface area contributed by atoms with Crippen LogP contribution in [0.3, 0.4) is 0 Å². The quantitative estimate of drug-likeness (QED) is 0.172. The topological polar surface area (TPSA) is 201 Å². The second-order valence-electron chi connectivity index (χ2n) is 18.8. The average molecular weight is 921 g/mol. The van der Waals surface area contributed by atoms with E-state index in [1.807, 2.05) is 38.1 Å². The lowest BCUT2D eigenvalue weighted by Crippen LogP contribution is -2.59. The van der Waals surface area contributed by atoms with Crippen molar-refractivity contribution in [1.29, 1.82) is 0 Å². The Morgan fingerprint density at radius 2 is 1.70 bits per heavy atom. The molecule has 5 fully saturated rings. The molecule has 10 rings (SSSR count). The summed E-state index contributed by atoms with van der Waals surface area (Å²) in [6.45, 7) is 8.92. The van der Waals surface area contributed by atoms with Crippen molar-refractivity contribution in [2.45, 2.75) is 89.1 Å². The first-order valence-electron chi connectivity index (χ1n) is 22.8. The number of benzene rings is 2. The molecule has 3 N–H and O–H groups in total. The van der Waals surface area contributed by atoms with Gasteiger partial charge in [-0.3, -0.25) is 43.9 Å². The van der Waals surface area contributed by atoms with Gasteiger partial charge in [-0.15, -0.1) is 0 Å². The van der Waals surface area contributed by atoms with Crippen molar-refractivity contribution < 1.29 is 33.4 Å². The van der Waals surface area contributed by atoms with Crippen molar-refractivity contribution in [2.75, 3.05) is 68.0 Å². The molecule has 5 amide bonds. The fourth-order valence-corrected chi connectivity index (χ4v) is 10.7. The van der Waals surface area contributed by atoms with Crippen LogP contribution < -0.4 is 36.0 Å². The third-order valence-electron chi connectivity index (χ3n) is 14.2. The van der Waals surface area contributed by atoms with E-state index in [-0.39, 0.29) is 60.3 Å². The Balaban J connectivity index is 0.690. The van der Waals surface area contributed by atoms with Gasteiger partial charge in [0.1, 0.15) is 11.1 Å². The third kappa shape index (κ3) is 8.12. The van der Waals surface area contributed by atoms with E-state index in [1.165, 1.54) is 7.05 Å². The van der Waals surface area contributed by atoms with Gasteiger partial charge < -0.3 is 34.5 Å². The molecule has 2 aromatic carbocycles. The number of nitrogens with zero attached hydrogens (tertiary/aromatic N) is 7. The molecule has 66 heavy (non-hydrogen) atoms. The SMILES string of the molecule is CNC(=O)COc1cc2cc(Nc3nc(N4CCC(O[C@H]5C[C@H](N6CCC7(CN(c8ccc9c(c8)C(=O)N(C8CCC(=O)NC8=O)C9=O)C7)C6)C5)CC4)ncc3Cl)ccc2n(C(C)C)c1=O. The van der Waals surface area contributed by atoms with Gasteiger partial charge in [-0.1, -0.05) is 11.6 Å². The minimum Gasteiger partial charge on any atom is -0.478 e. The van der Waals surface area contributed by atoms with Crippen molar-refractivity contribution in [3.63, 3.8) is 0 Å². The van der Waals surface area contributed by atoms with Crippen LogP contribution in [0.4, 0.5) is 23.1 Å². The van der Waals surface area contributed by atoms with Crippen LogP contribution in [0.2, 0.25) is 5.02 Å². The molecule has 1 spiro atoms. The number of carbonyl (C=O) groups is 5. The summed E-state index contributed by atoms with van der Waals surface area (Å²) < 4.78 is 13.9. The van der Waals surface area contributed by atoms with Crippen molar-refractivity contribution in [3.05, 3.63) is 75.2 Å². The van der Waals surface area contributed by atoms with Crippen molar-refractivity contribution in [1.82, 2.24) is 35.0 Å². The van der Waals surface area contributed by atoms with Gasteiger partial charge in [0.2, 0.25) is 17.8 Å². The predicted octanol–water partition coefficient (Wildman–Crippen LogP) is 4.02. The van der Waals surface area contributed by atoms with E-state index < -0.39 is 29.7 Å². The summed E-state index contributed by atoms with van der Waals surface area (Å²) in [7, 11) is 1.51. The number of piperidine rings is 2. The first-order valence-corrected chi connectivity index (χ1v) is 23.2. The van der Waals surface area contributed by atoms with Crippen LogP contribution in [0.5, 0.6) is 5.75 Å². The summed E-state index contributed by atoms with van der Waals surface area (Å²) in [6.07, 6.45) is 7.12. The van der Waals surface area contributed by atoms with Gasteiger partial charge in [0, 0.05) is 80.5 Å². The van der Waals surface area contributed by atoms with Crippen LogP contribution in [-0.2, 0) is 19.1 Å². The molecule has 1 saturated carbocycles. The highest BCUT2D eigenvalue weighted by Crippen LogP contribution is 2.45. The van der Waals surface area contributed by atoms with Gasteiger partial charge in [0.05, 0.1) is 35.0 Å². The fraction of sp³-hybridized carbons (Fsp3) is 0.489. The zero-order valence-corrected chi connectivity index (χ0v) is 37.9. The van der Waals surface area contributed by atoms with Gasteiger partial charge in [-0.05, 0) is 101 Å². The molecular weight excluding hydrogens is 868 g/mol. The monoisotopic (exact) mass is 920 g/mol. The number of aromatic nitrogens is 3. The molecule has 4 aromatic rings. The second kappa shape index (κ2) is 17.3. The molecule has 7 heterocycles.